The van der Waals surface area contributed by atoms with E-state index in [0.29, 0.717) is 29.7 Å². The number of nitrogens with one attached hydrogen (secondary N) is 1. The molecule has 0 radical (unpaired) electrons. The summed E-state index contributed by atoms with van der Waals surface area (Å²) < 4.78 is 16.9. The van der Waals surface area contributed by atoms with Crippen molar-refractivity contribution in [3.8, 4) is 11.5 Å². The van der Waals surface area contributed by atoms with Gasteiger partial charge in [0.1, 0.15) is 6.61 Å². The number of carbonyl (C=O) groups excluding carboxylic acids is 1. The molecule has 0 aliphatic carbocycles. The topological polar surface area (TPSA) is 56.8 Å². The van der Waals surface area contributed by atoms with E-state index in [1.807, 2.05) is 49.4 Å². The molecule has 1 aliphatic rings. The Morgan fingerprint density at radius 2 is 2.07 bits per heavy atom. The van der Waals surface area contributed by atoms with E-state index in [9.17, 15) is 4.79 Å². The minimum absolute atomic E-state index is 0.0253. The third-order valence-corrected chi connectivity index (χ3v) is 6.00. The first-order valence-electron chi connectivity index (χ1n) is 9.66. The molecule has 2 atom stereocenters. The summed E-state index contributed by atoms with van der Waals surface area (Å²) in [4.78, 5) is 13.4. The summed E-state index contributed by atoms with van der Waals surface area (Å²) in [5, 5.41) is 3.44. The molecule has 1 N–H and O–H groups in total. The minimum atomic E-state index is -0.216. The standard InChI is InChI=1S/C22H26ClNO4S/c1-15(29-19-8-6-17(23)7-9-19)22(25)24-13-16-5-10-20(21(12-16)26-2)28-14-18-4-3-11-27-18/h5-10,12,15,18H,3-4,11,13-14H2,1-2H3,(H,24,25). The summed E-state index contributed by atoms with van der Waals surface area (Å²) in [7, 11) is 1.61. The Balaban J connectivity index is 1.51. The second kappa shape index (κ2) is 10.8. The summed E-state index contributed by atoms with van der Waals surface area (Å²) in [6.07, 6.45) is 2.26. The highest BCUT2D eigenvalue weighted by atomic mass is 35.5. The lowest BCUT2D eigenvalue weighted by molar-refractivity contribution is -0.120. The SMILES string of the molecule is COc1cc(CNC(=O)C(C)Sc2ccc(Cl)cc2)ccc1OCC1CCCO1. The Hall–Kier alpha value is -1.89. The van der Waals surface area contributed by atoms with E-state index in [-0.39, 0.29) is 17.3 Å². The van der Waals surface area contributed by atoms with E-state index >= 15 is 0 Å². The van der Waals surface area contributed by atoms with E-state index in [0.717, 1.165) is 29.9 Å². The lowest BCUT2D eigenvalue weighted by atomic mass is 10.2. The number of amides is 1. The summed E-state index contributed by atoms with van der Waals surface area (Å²) in [6, 6.07) is 13.2. The second-order valence-electron chi connectivity index (χ2n) is 6.86. The molecule has 0 aromatic heterocycles. The number of ether oxygens (including phenoxy) is 3. The van der Waals surface area contributed by atoms with Crippen molar-refractivity contribution >= 4 is 29.3 Å². The van der Waals surface area contributed by atoms with Gasteiger partial charge >= 0.3 is 0 Å². The third-order valence-electron chi connectivity index (χ3n) is 4.64. The van der Waals surface area contributed by atoms with E-state index in [1.165, 1.54) is 11.8 Å². The number of benzene rings is 2. The zero-order valence-electron chi connectivity index (χ0n) is 16.7. The van der Waals surface area contributed by atoms with Gasteiger partial charge in [0.25, 0.3) is 0 Å². The molecule has 2 aromatic rings. The normalized spacial score (nSPS) is 17.0. The maximum absolute atomic E-state index is 12.4. The molecule has 156 valence electrons. The lowest BCUT2D eigenvalue weighted by Gasteiger charge is -2.16. The van der Waals surface area contributed by atoms with Gasteiger partial charge in [0.15, 0.2) is 11.5 Å². The van der Waals surface area contributed by atoms with Crippen molar-refractivity contribution in [2.24, 2.45) is 0 Å². The maximum Gasteiger partial charge on any atom is 0.233 e. The zero-order valence-corrected chi connectivity index (χ0v) is 18.2. The van der Waals surface area contributed by atoms with Gasteiger partial charge < -0.3 is 19.5 Å². The molecule has 0 bridgehead atoms. The highest BCUT2D eigenvalue weighted by molar-refractivity contribution is 8.00. The van der Waals surface area contributed by atoms with Gasteiger partial charge in [-0.15, -0.1) is 11.8 Å². The summed E-state index contributed by atoms with van der Waals surface area (Å²) in [5.74, 6) is 1.31. The maximum atomic E-state index is 12.4. The van der Waals surface area contributed by atoms with Crippen LogP contribution in [0.1, 0.15) is 25.3 Å². The summed E-state index contributed by atoms with van der Waals surface area (Å²) in [5.41, 5.74) is 0.948. The molecule has 5 nitrogen and oxygen atoms in total. The van der Waals surface area contributed by atoms with Gasteiger partial charge in [0, 0.05) is 23.1 Å². The fourth-order valence-electron chi connectivity index (χ4n) is 3.00. The first kappa shape index (κ1) is 21.8. The van der Waals surface area contributed by atoms with Crippen molar-refractivity contribution < 1.29 is 19.0 Å². The minimum Gasteiger partial charge on any atom is -0.493 e. The van der Waals surface area contributed by atoms with Crippen molar-refractivity contribution in [2.45, 2.75) is 42.6 Å². The first-order valence-corrected chi connectivity index (χ1v) is 10.9. The van der Waals surface area contributed by atoms with Gasteiger partial charge in [-0.05, 0) is 61.7 Å². The van der Waals surface area contributed by atoms with Crippen molar-refractivity contribution in [3.05, 3.63) is 53.1 Å². The average Bonchev–Trinajstić information content (AvgIpc) is 3.26. The summed E-state index contributed by atoms with van der Waals surface area (Å²) >= 11 is 7.40. The number of carbonyl (C=O) groups is 1. The van der Waals surface area contributed by atoms with Gasteiger partial charge in [0.05, 0.1) is 18.5 Å². The molecular weight excluding hydrogens is 410 g/mol. The molecule has 0 saturated carbocycles. The van der Waals surface area contributed by atoms with Crippen molar-refractivity contribution in [2.75, 3.05) is 20.3 Å². The monoisotopic (exact) mass is 435 g/mol. The molecule has 3 rings (SSSR count). The smallest absolute Gasteiger partial charge is 0.233 e. The van der Waals surface area contributed by atoms with Crippen LogP contribution < -0.4 is 14.8 Å². The predicted molar refractivity (Wildman–Crippen MR) is 116 cm³/mol. The second-order valence-corrected chi connectivity index (χ2v) is 8.71. The van der Waals surface area contributed by atoms with Crippen LogP contribution in [0.3, 0.4) is 0 Å². The van der Waals surface area contributed by atoms with Crippen LogP contribution in [0.4, 0.5) is 0 Å². The van der Waals surface area contributed by atoms with Gasteiger partial charge in [-0.3, -0.25) is 4.79 Å². The zero-order chi connectivity index (χ0) is 20.6. The van der Waals surface area contributed by atoms with Crippen LogP contribution in [-0.4, -0.2) is 37.6 Å². The van der Waals surface area contributed by atoms with Crippen LogP contribution in [0.5, 0.6) is 11.5 Å². The number of methoxy groups -OCH3 is 1. The van der Waals surface area contributed by atoms with E-state index in [4.69, 9.17) is 25.8 Å². The lowest BCUT2D eigenvalue weighted by Crippen LogP contribution is -2.30. The van der Waals surface area contributed by atoms with Crippen molar-refractivity contribution in [1.29, 1.82) is 0 Å². The fourth-order valence-corrected chi connectivity index (χ4v) is 4.02. The van der Waals surface area contributed by atoms with E-state index < -0.39 is 0 Å². The predicted octanol–water partition coefficient (Wildman–Crippen LogP) is 4.70. The number of hydrogen-bond donors (Lipinski definition) is 1. The Bertz CT molecular complexity index is 809. The van der Waals surface area contributed by atoms with Crippen LogP contribution in [0, 0.1) is 0 Å². The molecule has 1 fully saturated rings. The molecule has 1 saturated heterocycles. The van der Waals surface area contributed by atoms with Crippen LogP contribution in [0.2, 0.25) is 5.02 Å². The van der Waals surface area contributed by atoms with E-state index in [2.05, 4.69) is 5.32 Å². The van der Waals surface area contributed by atoms with Gasteiger partial charge in [-0.2, -0.15) is 0 Å². The Morgan fingerprint density at radius 1 is 1.28 bits per heavy atom. The first-order chi connectivity index (χ1) is 14.0. The Labute approximate surface area is 181 Å². The molecular formula is C22H26ClNO4S. The molecule has 0 spiro atoms. The number of thioether (sulfide) groups is 1. The molecule has 1 amide bonds. The largest absolute Gasteiger partial charge is 0.493 e. The van der Waals surface area contributed by atoms with Crippen LogP contribution >= 0.6 is 23.4 Å². The van der Waals surface area contributed by atoms with Crippen LogP contribution in [0.15, 0.2) is 47.4 Å². The highest BCUT2D eigenvalue weighted by Gasteiger charge is 2.18. The van der Waals surface area contributed by atoms with Crippen molar-refractivity contribution in [1.82, 2.24) is 5.32 Å². The average molecular weight is 436 g/mol. The third kappa shape index (κ3) is 6.56. The highest BCUT2D eigenvalue weighted by Crippen LogP contribution is 2.29. The van der Waals surface area contributed by atoms with Crippen LogP contribution in [0.25, 0.3) is 0 Å². The molecule has 2 unspecified atom stereocenters. The number of rotatable bonds is 9. The Kier molecular flexibility index (Phi) is 8.09. The van der Waals surface area contributed by atoms with E-state index in [1.54, 1.807) is 7.11 Å². The van der Waals surface area contributed by atoms with Crippen LogP contribution in [-0.2, 0) is 16.1 Å². The summed E-state index contributed by atoms with van der Waals surface area (Å²) in [6.45, 7) is 3.63. The number of hydrogen-bond acceptors (Lipinski definition) is 5. The molecule has 1 aliphatic heterocycles. The fraction of sp³-hybridized carbons (Fsp3) is 0.409. The quantitative estimate of drug-likeness (QED) is 0.578. The van der Waals surface area contributed by atoms with Gasteiger partial charge in [0.2, 0.25) is 5.91 Å². The molecule has 29 heavy (non-hydrogen) atoms. The number of halogens is 1. The van der Waals surface area contributed by atoms with Gasteiger partial charge in [-0.1, -0.05) is 17.7 Å². The Morgan fingerprint density at radius 3 is 2.76 bits per heavy atom. The van der Waals surface area contributed by atoms with Gasteiger partial charge in [-0.25, -0.2) is 0 Å². The molecule has 7 heteroatoms. The van der Waals surface area contributed by atoms with Crippen molar-refractivity contribution in [3.63, 3.8) is 0 Å². The molecule has 2 aromatic carbocycles. The molecule has 1 heterocycles.